The van der Waals surface area contributed by atoms with Crippen molar-refractivity contribution in [3.63, 3.8) is 0 Å². The lowest BCUT2D eigenvalue weighted by Gasteiger charge is -2.08. The number of hydrogen-bond acceptors (Lipinski definition) is 5. The first-order chi connectivity index (χ1) is 11.5. The molecule has 0 radical (unpaired) electrons. The normalized spacial score (nSPS) is 11.0. The first-order valence-corrected chi connectivity index (χ1v) is 8.79. The lowest BCUT2D eigenvalue weighted by molar-refractivity contribution is -0.121. The Hall–Kier alpha value is -2.45. The maximum atomic E-state index is 12.1. The Labute approximate surface area is 141 Å². The minimum Gasteiger partial charge on any atom is -0.497 e. The molecular formula is C16H19N3O4S. The van der Waals surface area contributed by atoms with Crippen molar-refractivity contribution in [3.8, 4) is 5.75 Å². The number of amides is 1. The molecule has 0 saturated heterocycles. The average Bonchev–Trinajstić information content (AvgIpc) is 2.61. The molecule has 24 heavy (non-hydrogen) atoms. The van der Waals surface area contributed by atoms with E-state index in [1.54, 1.807) is 36.7 Å². The zero-order valence-electron chi connectivity index (χ0n) is 13.2. The van der Waals surface area contributed by atoms with Gasteiger partial charge in [-0.1, -0.05) is 0 Å². The van der Waals surface area contributed by atoms with Crippen LogP contribution in [0.1, 0.15) is 12.0 Å². The number of pyridine rings is 1. The summed E-state index contributed by atoms with van der Waals surface area (Å²) in [6, 6.07) is 9.63. The minimum atomic E-state index is -3.64. The molecule has 0 aliphatic heterocycles. The number of aromatic nitrogens is 1. The van der Waals surface area contributed by atoms with Crippen LogP contribution in [0, 0.1) is 0 Å². The molecule has 1 heterocycles. The number of hydrogen-bond donors (Lipinski definition) is 2. The van der Waals surface area contributed by atoms with Crippen molar-refractivity contribution in [1.82, 2.24) is 15.0 Å². The van der Waals surface area contributed by atoms with Crippen molar-refractivity contribution in [2.24, 2.45) is 0 Å². The lowest BCUT2D eigenvalue weighted by Crippen LogP contribution is -2.30. The first-order valence-electron chi connectivity index (χ1n) is 7.30. The number of carbonyl (C=O) groups is 1. The average molecular weight is 349 g/mol. The van der Waals surface area contributed by atoms with Gasteiger partial charge in [-0.05, 0) is 42.0 Å². The van der Waals surface area contributed by atoms with E-state index in [0.717, 1.165) is 5.56 Å². The van der Waals surface area contributed by atoms with Crippen LogP contribution in [0.3, 0.4) is 0 Å². The monoisotopic (exact) mass is 349 g/mol. The zero-order chi connectivity index (χ0) is 17.4. The van der Waals surface area contributed by atoms with E-state index in [2.05, 4.69) is 15.0 Å². The maximum absolute atomic E-state index is 12.1. The zero-order valence-corrected chi connectivity index (χ0v) is 14.0. The third kappa shape index (κ3) is 5.32. The van der Waals surface area contributed by atoms with Crippen molar-refractivity contribution < 1.29 is 17.9 Å². The van der Waals surface area contributed by atoms with Crippen LogP contribution in [0.25, 0.3) is 0 Å². The molecule has 8 heteroatoms. The molecule has 0 aliphatic rings. The van der Waals surface area contributed by atoms with Gasteiger partial charge in [-0.25, -0.2) is 13.1 Å². The van der Waals surface area contributed by atoms with Crippen LogP contribution in [0.4, 0.5) is 0 Å². The molecule has 1 aromatic carbocycles. The molecule has 1 aromatic heterocycles. The number of nitrogens with one attached hydrogen (secondary N) is 2. The Morgan fingerprint density at radius 3 is 2.42 bits per heavy atom. The van der Waals surface area contributed by atoms with Gasteiger partial charge in [-0.3, -0.25) is 9.78 Å². The van der Waals surface area contributed by atoms with Crippen LogP contribution in [-0.2, 0) is 21.4 Å². The summed E-state index contributed by atoms with van der Waals surface area (Å²) in [4.78, 5) is 15.8. The number of carbonyl (C=O) groups excluding carboxylic acids is 1. The fourth-order valence-corrected chi connectivity index (χ4v) is 2.96. The molecule has 0 bridgehead atoms. The molecule has 2 rings (SSSR count). The van der Waals surface area contributed by atoms with Gasteiger partial charge in [-0.2, -0.15) is 0 Å². The smallest absolute Gasteiger partial charge is 0.240 e. The summed E-state index contributed by atoms with van der Waals surface area (Å²) in [5, 5.41) is 2.72. The summed E-state index contributed by atoms with van der Waals surface area (Å²) in [7, 11) is -2.14. The molecule has 0 saturated carbocycles. The van der Waals surface area contributed by atoms with Gasteiger partial charge in [0.05, 0.1) is 12.0 Å². The molecule has 7 nitrogen and oxygen atoms in total. The number of rotatable bonds is 8. The van der Waals surface area contributed by atoms with E-state index in [4.69, 9.17) is 4.74 Å². The van der Waals surface area contributed by atoms with Crippen LogP contribution < -0.4 is 14.8 Å². The van der Waals surface area contributed by atoms with E-state index in [1.165, 1.54) is 19.2 Å². The molecule has 0 fully saturated rings. The Morgan fingerprint density at radius 2 is 1.79 bits per heavy atom. The van der Waals surface area contributed by atoms with Gasteiger partial charge < -0.3 is 10.1 Å². The number of methoxy groups -OCH3 is 1. The van der Waals surface area contributed by atoms with Crippen molar-refractivity contribution >= 4 is 15.9 Å². The summed E-state index contributed by atoms with van der Waals surface area (Å²) in [5.41, 5.74) is 0.928. The largest absolute Gasteiger partial charge is 0.497 e. The van der Waals surface area contributed by atoms with Crippen molar-refractivity contribution in [1.29, 1.82) is 0 Å². The predicted molar refractivity (Wildman–Crippen MR) is 88.9 cm³/mol. The Morgan fingerprint density at radius 1 is 1.12 bits per heavy atom. The molecule has 0 aliphatic carbocycles. The van der Waals surface area contributed by atoms with E-state index < -0.39 is 10.0 Å². The molecule has 2 N–H and O–H groups in total. The first kappa shape index (κ1) is 17.9. The predicted octanol–water partition coefficient (Wildman–Crippen LogP) is 1.07. The summed E-state index contributed by atoms with van der Waals surface area (Å²) in [5.74, 6) is 0.341. The highest BCUT2D eigenvalue weighted by molar-refractivity contribution is 7.89. The van der Waals surface area contributed by atoms with Crippen LogP contribution in [0.15, 0.2) is 53.7 Å². The van der Waals surface area contributed by atoms with Crippen LogP contribution >= 0.6 is 0 Å². The molecule has 2 aromatic rings. The van der Waals surface area contributed by atoms with Crippen LogP contribution in [0.5, 0.6) is 5.75 Å². The second-order valence-electron chi connectivity index (χ2n) is 4.96. The van der Waals surface area contributed by atoms with E-state index in [0.29, 0.717) is 12.3 Å². The van der Waals surface area contributed by atoms with E-state index in [9.17, 15) is 13.2 Å². The highest BCUT2D eigenvalue weighted by atomic mass is 32.2. The summed E-state index contributed by atoms with van der Waals surface area (Å²) in [6.07, 6.45) is 3.34. The summed E-state index contributed by atoms with van der Waals surface area (Å²) in [6.45, 7) is 0.406. The van der Waals surface area contributed by atoms with Crippen LogP contribution in [-0.4, -0.2) is 33.0 Å². The molecule has 0 atom stereocenters. The highest BCUT2D eigenvalue weighted by Crippen LogP contribution is 2.15. The number of benzene rings is 1. The molecule has 0 spiro atoms. The molecule has 1 amide bonds. The topological polar surface area (TPSA) is 97.4 Å². The van der Waals surface area contributed by atoms with Gasteiger partial charge in [-0.15, -0.1) is 0 Å². The quantitative estimate of drug-likeness (QED) is 0.743. The SMILES string of the molecule is COc1ccc(S(=O)(=O)NCCC(=O)NCc2ccncc2)cc1. The van der Waals surface area contributed by atoms with Crippen molar-refractivity contribution in [2.75, 3.05) is 13.7 Å². The van der Waals surface area contributed by atoms with Crippen LogP contribution in [0.2, 0.25) is 0 Å². The lowest BCUT2D eigenvalue weighted by atomic mass is 10.2. The number of ether oxygens (including phenoxy) is 1. The van der Waals surface area contributed by atoms with Gasteiger partial charge in [0.25, 0.3) is 0 Å². The second kappa shape index (κ2) is 8.42. The van der Waals surface area contributed by atoms with Gasteiger partial charge >= 0.3 is 0 Å². The molecule has 0 unspecified atom stereocenters. The van der Waals surface area contributed by atoms with Gasteiger partial charge in [0.15, 0.2) is 0 Å². The van der Waals surface area contributed by atoms with Crippen molar-refractivity contribution in [2.45, 2.75) is 17.9 Å². The van der Waals surface area contributed by atoms with Gasteiger partial charge in [0.1, 0.15) is 5.75 Å². The molecule has 128 valence electrons. The maximum Gasteiger partial charge on any atom is 0.240 e. The van der Waals surface area contributed by atoms with E-state index >= 15 is 0 Å². The van der Waals surface area contributed by atoms with E-state index in [1.807, 2.05) is 0 Å². The number of sulfonamides is 1. The molecular weight excluding hydrogens is 330 g/mol. The highest BCUT2D eigenvalue weighted by Gasteiger charge is 2.14. The third-order valence-electron chi connectivity index (χ3n) is 3.25. The van der Waals surface area contributed by atoms with Gasteiger partial charge in [0.2, 0.25) is 15.9 Å². The fourth-order valence-electron chi connectivity index (χ4n) is 1.93. The second-order valence-corrected chi connectivity index (χ2v) is 6.72. The summed E-state index contributed by atoms with van der Waals surface area (Å²) >= 11 is 0. The standard InChI is InChI=1S/C16H19N3O4S/c1-23-14-2-4-15(5-3-14)24(21,22)19-11-8-16(20)18-12-13-6-9-17-10-7-13/h2-7,9-10,19H,8,11-12H2,1H3,(H,18,20). The van der Waals surface area contributed by atoms with Crippen molar-refractivity contribution in [3.05, 3.63) is 54.4 Å². The summed E-state index contributed by atoms with van der Waals surface area (Å²) < 4.78 is 31.6. The Kier molecular flexibility index (Phi) is 6.28. The fraction of sp³-hybridized carbons (Fsp3) is 0.250. The Bertz CT molecular complexity index is 762. The van der Waals surface area contributed by atoms with E-state index in [-0.39, 0.29) is 23.8 Å². The third-order valence-corrected chi connectivity index (χ3v) is 4.73. The minimum absolute atomic E-state index is 0.0243. The Balaban J connectivity index is 1.78. The number of nitrogens with zero attached hydrogens (tertiary/aromatic N) is 1. The van der Waals surface area contributed by atoms with Gasteiger partial charge in [0, 0.05) is 31.9 Å².